The summed E-state index contributed by atoms with van der Waals surface area (Å²) in [5.41, 5.74) is -0.754. The van der Waals surface area contributed by atoms with E-state index in [4.69, 9.17) is 37.4 Å². The fourth-order valence-electron chi connectivity index (χ4n) is 3.01. The monoisotopic (exact) mass is 540 g/mol. The number of carboxylic acid groups (broad SMARTS) is 1. The average Bonchev–Trinajstić information content (AvgIpc) is 2.81. The molecule has 0 aliphatic heterocycles. The standard InChI is InChI=1S/C26H21Cl2F3O5/c1-16(3-2-4-24(25(32)33)36-23-14-7-18(27)15-22(23)28)34-19-10-12-21(13-11-19)35-20-8-5-17(6-9-20)26(29,30)31/h2-3,5-16,24H,4H2,1H3,(H,32,33). The number of rotatable bonds is 10. The Bertz CT molecular complexity index is 1200. The van der Waals surface area contributed by atoms with E-state index in [0.717, 1.165) is 12.1 Å². The smallest absolute Gasteiger partial charge is 0.416 e. The molecule has 190 valence electrons. The van der Waals surface area contributed by atoms with Gasteiger partial charge >= 0.3 is 12.1 Å². The maximum absolute atomic E-state index is 12.7. The van der Waals surface area contributed by atoms with Crippen LogP contribution in [0.1, 0.15) is 18.9 Å². The summed E-state index contributed by atoms with van der Waals surface area (Å²) in [5.74, 6) is 0.272. The van der Waals surface area contributed by atoms with Crippen molar-refractivity contribution >= 4 is 29.2 Å². The molecule has 0 aromatic heterocycles. The Hall–Kier alpha value is -3.36. The molecular weight excluding hydrogens is 520 g/mol. The third-order valence-electron chi connectivity index (χ3n) is 4.76. The zero-order valence-corrected chi connectivity index (χ0v) is 20.3. The van der Waals surface area contributed by atoms with Gasteiger partial charge < -0.3 is 19.3 Å². The number of ether oxygens (including phenoxy) is 3. The lowest BCUT2D eigenvalue weighted by molar-refractivity contribution is -0.145. The lowest BCUT2D eigenvalue weighted by atomic mass is 10.2. The predicted octanol–water partition coefficient (Wildman–Crippen LogP) is 8.05. The molecule has 0 bridgehead atoms. The SMILES string of the molecule is CC(C=CCC(Oc1ccc(Cl)cc1Cl)C(=O)O)Oc1ccc(Oc2ccc(C(F)(F)F)cc2)cc1. The van der Waals surface area contributed by atoms with E-state index in [1.807, 2.05) is 0 Å². The Morgan fingerprint density at radius 3 is 2.08 bits per heavy atom. The van der Waals surface area contributed by atoms with Crippen molar-refractivity contribution in [2.45, 2.75) is 31.7 Å². The van der Waals surface area contributed by atoms with Crippen molar-refractivity contribution in [3.8, 4) is 23.0 Å². The molecule has 0 spiro atoms. The van der Waals surface area contributed by atoms with Crippen molar-refractivity contribution in [3.05, 3.63) is 94.5 Å². The second kappa shape index (κ2) is 12.1. The zero-order valence-electron chi connectivity index (χ0n) is 18.8. The van der Waals surface area contributed by atoms with Gasteiger partial charge in [0.05, 0.1) is 10.6 Å². The molecule has 3 aromatic carbocycles. The molecule has 0 saturated heterocycles. The van der Waals surface area contributed by atoms with Crippen LogP contribution >= 0.6 is 23.2 Å². The Balaban J connectivity index is 1.52. The molecule has 0 saturated carbocycles. The van der Waals surface area contributed by atoms with Gasteiger partial charge in [0.25, 0.3) is 0 Å². The summed E-state index contributed by atoms with van der Waals surface area (Å²) in [7, 11) is 0. The number of hydrogen-bond donors (Lipinski definition) is 1. The molecule has 2 atom stereocenters. The van der Waals surface area contributed by atoms with Crippen molar-refractivity contribution in [1.29, 1.82) is 0 Å². The third-order valence-corrected chi connectivity index (χ3v) is 5.29. The van der Waals surface area contributed by atoms with Gasteiger partial charge in [-0.25, -0.2) is 4.79 Å². The van der Waals surface area contributed by atoms with Crippen molar-refractivity contribution in [3.63, 3.8) is 0 Å². The molecule has 0 amide bonds. The first-order chi connectivity index (χ1) is 17.0. The molecule has 0 heterocycles. The van der Waals surface area contributed by atoms with Crippen molar-refractivity contribution < 1.29 is 37.3 Å². The number of carbonyl (C=O) groups is 1. The van der Waals surface area contributed by atoms with Crippen LogP contribution in [0.2, 0.25) is 10.0 Å². The summed E-state index contributed by atoms with van der Waals surface area (Å²) >= 11 is 11.9. The molecule has 0 aliphatic carbocycles. The van der Waals surface area contributed by atoms with Gasteiger partial charge in [-0.2, -0.15) is 13.2 Å². The summed E-state index contributed by atoms with van der Waals surface area (Å²) in [6, 6.07) is 15.4. The van der Waals surface area contributed by atoms with Crippen LogP contribution in [0.15, 0.2) is 78.9 Å². The number of alkyl halides is 3. The molecule has 0 aliphatic rings. The maximum Gasteiger partial charge on any atom is 0.416 e. The second-order valence-corrected chi connectivity index (χ2v) is 8.45. The van der Waals surface area contributed by atoms with Gasteiger partial charge in [0.15, 0.2) is 6.10 Å². The van der Waals surface area contributed by atoms with Crippen molar-refractivity contribution in [2.24, 2.45) is 0 Å². The fourth-order valence-corrected chi connectivity index (χ4v) is 3.46. The zero-order chi connectivity index (χ0) is 26.3. The minimum absolute atomic E-state index is 0.0713. The average molecular weight is 541 g/mol. The van der Waals surface area contributed by atoms with Gasteiger partial charge in [-0.15, -0.1) is 0 Å². The van der Waals surface area contributed by atoms with Gasteiger partial charge in [0.2, 0.25) is 0 Å². The van der Waals surface area contributed by atoms with E-state index in [0.29, 0.717) is 16.5 Å². The van der Waals surface area contributed by atoms with Gasteiger partial charge in [-0.3, -0.25) is 0 Å². The fraction of sp³-hybridized carbons (Fsp3) is 0.192. The molecular formula is C26H21Cl2F3O5. The van der Waals surface area contributed by atoms with E-state index in [2.05, 4.69) is 0 Å². The molecule has 5 nitrogen and oxygen atoms in total. The van der Waals surface area contributed by atoms with Crippen LogP contribution in [0.25, 0.3) is 0 Å². The Morgan fingerprint density at radius 2 is 1.53 bits per heavy atom. The highest BCUT2D eigenvalue weighted by Crippen LogP contribution is 2.32. The van der Waals surface area contributed by atoms with Gasteiger partial charge in [0.1, 0.15) is 29.1 Å². The first-order valence-electron chi connectivity index (χ1n) is 10.6. The van der Waals surface area contributed by atoms with Crippen molar-refractivity contribution in [1.82, 2.24) is 0 Å². The first kappa shape index (κ1) is 27.2. The summed E-state index contributed by atoms with van der Waals surface area (Å²) in [5, 5.41) is 10.1. The van der Waals surface area contributed by atoms with Crippen LogP contribution in [-0.4, -0.2) is 23.3 Å². The summed E-state index contributed by atoms with van der Waals surface area (Å²) in [6.45, 7) is 1.77. The van der Waals surface area contributed by atoms with E-state index in [9.17, 15) is 23.1 Å². The van der Waals surface area contributed by atoms with E-state index >= 15 is 0 Å². The second-order valence-electron chi connectivity index (χ2n) is 7.60. The lowest BCUT2D eigenvalue weighted by Crippen LogP contribution is -2.26. The molecule has 0 radical (unpaired) electrons. The Kier molecular flexibility index (Phi) is 9.12. The predicted molar refractivity (Wildman–Crippen MR) is 130 cm³/mol. The highest BCUT2D eigenvalue weighted by atomic mass is 35.5. The highest BCUT2D eigenvalue weighted by Gasteiger charge is 2.30. The van der Waals surface area contributed by atoms with Crippen LogP contribution in [0.3, 0.4) is 0 Å². The van der Waals surface area contributed by atoms with Crippen molar-refractivity contribution in [2.75, 3.05) is 0 Å². The van der Waals surface area contributed by atoms with Crippen LogP contribution in [-0.2, 0) is 11.0 Å². The lowest BCUT2D eigenvalue weighted by Gasteiger charge is -2.15. The third kappa shape index (κ3) is 8.10. The quantitative estimate of drug-likeness (QED) is 0.263. The van der Waals surface area contributed by atoms with E-state index in [1.54, 1.807) is 49.4 Å². The Morgan fingerprint density at radius 1 is 0.944 bits per heavy atom. The number of halogens is 5. The normalized spacial score (nSPS) is 13.3. The number of aliphatic carboxylic acids is 1. The van der Waals surface area contributed by atoms with Crippen LogP contribution in [0.4, 0.5) is 13.2 Å². The maximum atomic E-state index is 12.7. The molecule has 36 heavy (non-hydrogen) atoms. The van der Waals surface area contributed by atoms with E-state index < -0.39 is 23.8 Å². The molecule has 3 aromatic rings. The summed E-state index contributed by atoms with van der Waals surface area (Å²) in [4.78, 5) is 11.6. The molecule has 2 unspecified atom stereocenters. The summed E-state index contributed by atoms with van der Waals surface area (Å²) in [6.07, 6.45) is -2.56. The van der Waals surface area contributed by atoms with Gasteiger partial charge in [0, 0.05) is 11.4 Å². The number of carboxylic acids is 1. The molecule has 1 N–H and O–H groups in total. The topological polar surface area (TPSA) is 65.0 Å². The minimum atomic E-state index is -4.41. The molecule has 0 fully saturated rings. The summed E-state index contributed by atoms with van der Waals surface area (Å²) < 4.78 is 54.8. The van der Waals surface area contributed by atoms with Crippen LogP contribution < -0.4 is 14.2 Å². The van der Waals surface area contributed by atoms with Crippen LogP contribution in [0.5, 0.6) is 23.0 Å². The number of hydrogen-bond acceptors (Lipinski definition) is 4. The van der Waals surface area contributed by atoms with Gasteiger partial charge in [-0.05, 0) is 79.7 Å². The van der Waals surface area contributed by atoms with E-state index in [-0.39, 0.29) is 29.0 Å². The Labute approximate surface area is 215 Å². The highest BCUT2D eigenvalue weighted by molar-refractivity contribution is 6.35. The first-order valence-corrected chi connectivity index (χ1v) is 11.4. The minimum Gasteiger partial charge on any atom is -0.487 e. The largest absolute Gasteiger partial charge is 0.487 e. The number of benzene rings is 3. The van der Waals surface area contributed by atoms with Crippen LogP contribution in [0, 0.1) is 0 Å². The van der Waals surface area contributed by atoms with Gasteiger partial charge in [-0.1, -0.05) is 29.3 Å². The molecule has 3 rings (SSSR count). The van der Waals surface area contributed by atoms with E-state index in [1.165, 1.54) is 24.3 Å². The molecule has 10 heteroatoms.